The molecular weight excluding hydrogens is 206 g/mol. The largest absolute Gasteiger partial charge is 0.314 e. The van der Waals surface area contributed by atoms with Gasteiger partial charge in [0.1, 0.15) is 0 Å². The molecule has 17 heavy (non-hydrogen) atoms. The Morgan fingerprint density at radius 2 is 1.88 bits per heavy atom. The SMILES string of the molecule is C[C@H]1C[C@H](c2ccc3ccccc3c2)CCN1. The van der Waals surface area contributed by atoms with E-state index in [0.29, 0.717) is 6.04 Å². The van der Waals surface area contributed by atoms with Crippen molar-refractivity contribution in [2.45, 2.75) is 31.7 Å². The topological polar surface area (TPSA) is 12.0 Å². The highest BCUT2D eigenvalue weighted by Gasteiger charge is 2.19. The number of benzene rings is 2. The minimum Gasteiger partial charge on any atom is -0.314 e. The summed E-state index contributed by atoms with van der Waals surface area (Å²) in [5.74, 6) is 0.732. The number of hydrogen-bond acceptors (Lipinski definition) is 1. The van der Waals surface area contributed by atoms with E-state index in [-0.39, 0.29) is 0 Å². The molecule has 1 N–H and O–H groups in total. The first-order valence-electron chi connectivity index (χ1n) is 6.55. The van der Waals surface area contributed by atoms with Gasteiger partial charge in [0.15, 0.2) is 0 Å². The summed E-state index contributed by atoms with van der Waals surface area (Å²) in [7, 11) is 0. The predicted molar refractivity (Wildman–Crippen MR) is 73.4 cm³/mol. The molecule has 0 bridgehead atoms. The Bertz CT molecular complexity index is 518. The van der Waals surface area contributed by atoms with E-state index in [9.17, 15) is 0 Å². The van der Waals surface area contributed by atoms with Gasteiger partial charge >= 0.3 is 0 Å². The van der Waals surface area contributed by atoms with Crippen LogP contribution in [-0.2, 0) is 0 Å². The van der Waals surface area contributed by atoms with Crippen LogP contribution in [0, 0.1) is 0 Å². The van der Waals surface area contributed by atoms with E-state index >= 15 is 0 Å². The molecule has 1 heterocycles. The molecular formula is C16H19N. The molecule has 3 rings (SSSR count). The van der Waals surface area contributed by atoms with Gasteiger partial charge in [-0.05, 0) is 48.6 Å². The van der Waals surface area contributed by atoms with Gasteiger partial charge in [-0.25, -0.2) is 0 Å². The predicted octanol–water partition coefficient (Wildman–Crippen LogP) is 3.70. The van der Waals surface area contributed by atoms with Gasteiger partial charge < -0.3 is 5.32 Å². The number of nitrogens with one attached hydrogen (secondary N) is 1. The summed E-state index contributed by atoms with van der Waals surface area (Å²) in [6.07, 6.45) is 2.53. The fraction of sp³-hybridized carbons (Fsp3) is 0.375. The monoisotopic (exact) mass is 225 g/mol. The third kappa shape index (κ3) is 2.20. The third-order valence-corrected chi connectivity index (χ3v) is 3.87. The van der Waals surface area contributed by atoms with Crippen molar-refractivity contribution in [2.24, 2.45) is 0 Å². The molecule has 2 aromatic rings. The second kappa shape index (κ2) is 4.50. The fourth-order valence-electron chi connectivity index (χ4n) is 2.90. The molecule has 1 fully saturated rings. The Kier molecular flexibility index (Phi) is 2.86. The van der Waals surface area contributed by atoms with E-state index in [4.69, 9.17) is 0 Å². The normalized spacial score (nSPS) is 25.0. The van der Waals surface area contributed by atoms with E-state index in [0.717, 1.165) is 12.5 Å². The molecule has 1 heteroatoms. The summed E-state index contributed by atoms with van der Waals surface area (Å²) in [6, 6.07) is 16.2. The standard InChI is InChI=1S/C16H19N/c1-12-10-16(8-9-17-12)15-7-6-13-4-2-3-5-14(13)11-15/h2-7,11-12,16-17H,8-10H2,1H3/t12-,16+/m0/s1. The van der Waals surface area contributed by atoms with E-state index in [1.807, 2.05) is 0 Å². The van der Waals surface area contributed by atoms with Crippen LogP contribution in [0.5, 0.6) is 0 Å². The Labute approximate surface area is 103 Å². The van der Waals surface area contributed by atoms with Gasteiger partial charge in [0.25, 0.3) is 0 Å². The smallest absolute Gasteiger partial charge is 0.00445 e. The fourth-order valence-corrected chi connectivity index (χ4v) is 2.90. The molecule has 2 aromatic carbocycles. The van der Waals surface area contributed by atoms with Crippen LogP contribution in [0.25, 0.3) is 10.8 Å². The van der Waals surface area contributed by atoms with Crippen molar-refractivity contribution in [3.8, 4) is 0 Å². The van der Waals surface area contributed by atoms with E-state index in [1.54, 1.807) is 0 Å². The van der Waals surface area contributed by atoms with E-state index < -0.39 is 0 Å². The highest BCUT2D eigenvalue weighted by molar-refractivity contribution is 5.83. The highest BCUT2D eigenvalue weighted by atomic mass is 14.9. The zero-order valence-corrected chi connectivity index (χ0v) is 10.3. The molecule has 1 nitrogen and oxygen atoms in total. The number of piperidine rings is 1. The van der Waals surface area contributed by atoms with Crippen molar-refractivity contribution < 1.29 is 0 Å². The molecule has 1 aliphatic heterocycles. The zero-order chi connectivity index (χ0) is 11.7. The Hall–Kier alpha value is -1.34. The minimum atomic E-state index is 0.653. The lowest BCUT2D eigenvalue weighted by atomic mass is 9.86. The maximum absolute atomic E-state index is 3.52. The Balaban J connectivity index is 1.94. The Morgan fingerprint density at radius 3 is 2.71 bits per heavy atom. The van der Waals surface area contributed by atoms with Crippen molar-refractivity contribution in [3.05, 3.63) is 48.0 Å². The molecule has 0 spiro atoms. The first-order chi connectivity index (χ1) is 8.33. The lowest BCUT2D eigenvalue weighted by Crippen LogP contribution is -2.34. The minimum absolute atomic E-state index is 0.653. The quantitative estimate of drug-likeness (QED) is 0.780. The van der Waals surface area contributed by atoms with E-state index in [1.165, 1.54) is 29.2 Å². The first-order valence-corrected chi connectivity index (χ1v) is 6.55. The number of hydrogen-bond donors (Lipinski definition) is 1. The van der Waals surface area contributed by atoms with Crippen LogP contribution in [0.3, 0.4) is 0 Å². The Morgan fingerprint density at radius 1 is 1.06 bits per heavy atom. The van der Waals surface area contributed by atoms with E-state index in [2.05, 4.69) is 54.7 Å². The summed E-state index contributed by atoms with van der Waals surface area (Å²) >= 11 is 0. The van der Waals surface area contributed by atoms with Crippen molar-refractivity contribution >= 4 is 10.8 Å². The van der Waals surface area contributed by atoms with Crippen LogP contribution >= 0.6 is 0 Å². The maximum atomic E-state index is 3.52. The summed E-state index contributed by atoms with van der Waals surface area (Å²) in [5, 5.41) is 6.24. The lowest BCUT2D eigenvalue weighted by Gasteiger charge is -2.28. The van der Waals surface area contributed by atoms with Gasteiger partial charge in [0.05, 0.1) is 0 Å². The molecule has 1 aliphatic rings. The molecule has 0 unspecified atom stereocenters. The van der Waals surface area contributed by atoms with Crippen molar-refractivity contribution in [1.29, 1.82) is 0 Å². The third-order valence-electron chi connectivity index (χ3n) is 3.87. The van der Waals surface area contributed by atoms with Crippen molar-refractivity contribution in [2.75, 3.05) is 6.54 Å². The number of fused-ring (bicyclic) bond motifs is 1. The molecule has 88 valence electrons. The second-order valence-corrected chi connectivity index (χ2v) is 5.18. The van der Waals surface area contributed by atoms with Crippen LogP contribution in [-0.4, -0.2) is 12.6 Å². The molecule has 0 amide bonds. The molecule has 0 saturated carbocycles. The average molecular weight is 225 g/mol. The number of rotatable bonds is 1. The summed E-state index contributed by atoms with van der Waals surface area (Å²) in [5.41, 5.74) is 1.51. The highest BCUT2D eigenvalue weighted by Crippen LogP contribution is 2.29. The van der Waals surface area contributed by atoms with Gasteiger partial charge in [-0.1, -0.05) is 42.5 Å². The van der Waals surface area contributed by atoms with Crippen molar-refractivity contribution in [1.82, 2.24) is 5.32 Å². The summed E-state index contributed by atoms with van der Waals surface area (Å²) < 4.78 is 0. The van der Waals surface area contributed by atoms with Gasteiger partial charge in [-0.2, -0.15) is 0 Å². The molecule has 0 radical (unpaired) electrons. The van der Waals surface area contributed by atoms with Gasteiger partial charge in [-0.3, -0.25) is 0 Å². The van der Waals surface area contributed by atoms with Gasteiger partial charge in [0, 0.05) is 6.04 Å². The van der Waals surface area contributed by atoms with Crippen LogP contribution in [0.1, 0.15) is 31.2 Å². The maximum Gasteiger partial charge on any atom is 0.00445 e. The molecule has 1 saturated heterocycles. The van der Waals surface area contributed by atoms with Gasteiger partial charge in [-0.15, -0.1) is 0 Å². The van der Waals surface area contributed by atoms with Crippen molar-refractivity contribution in [3.63, 3.8) is 0 Å². The first kappa shape index (κ1) is 10.8. The average Bonchev–Trinajstić information content (AvgIpc) is 2.38. The summed E-state index contributed by atoms with van der Waals surface area (Å²) in [6.45, 7) is 3.44. The summed E-state index contributed by atoms with van der Waals surface area (Å²) in [4.78, 5) is 0. The van der Waals surface area contributed by atoms with Crippen LogP contribution in [0.4, 0.5) is 0 Å². The van der Waals surface area contributed by atoms with Crippen LogP contribution < -0.4 is 5.32 Å². The second-order valence-electron chi connectivity index (χ2n) is 5.18. The van der Waals surface area contributed by atoms with Crippen LogP contribution in [0.2, 0.25) is 0 Å². The lowest BCUT2D eigenvalue weighted by molar-refractivity contribution is 0.381. The van der Waals surface area contributed by atoms with Gasteiger partial charge in [0.2, 0.25) is 0 Å². The zero-order valence-electron chi connectivity index (χ0n) is 10.3. The molecule has 2 atom stereocenters. The molecule has 0 aromatic heterocycles. The molecule has 0 aliphatic carbocycles. The van der Waals surface area contributed by atoms with Crippen LogP contribution in [0.15, 0.2) is 42.5 Å².